The van der Waals surface area contributed by atoms with Crippen molar-refractivity contribution in [3.63, 3.8) is 0 Å². The molecule has 0 aromatic carbocycles. The van der Waals surface area contributed by atoms with Crippen molar-refractivity contribution < 1.29 is 5.11 Å². The van der Waals surface area contributed by atoms with Crippen LogP contribution in [0.25, 0.3) is 0 Å². The molecular formula is C16H35NO. The molecule has 2 N–H and O–H groups in total. The van der Waals surface area contributed by atoms with E-state index in [4.69, 9.17) is 0 Å². The summed E-state index contributed by atoms with van der Waals surface area (Å²) in [7, 11) is 0. The van der Waals surface area contributed by atoms with Crippen molar-refractivity contribution in [1.29, 1.82) is 0 Å². The fraction of sp³-hybridized carbons (Fsp3) is 1.00. The maximum Gasteiger partial charge on any atom is 0.0631 e. The van der Waals surface area contributed by atoms with Gasteiger partial charge in [-0.25, -0.2) is 0 Å². The van der Waals surface area contributed by atoms with E-state index in [1.807, 2.05) is 6.92 Å². The van der Waals surface area contributed by atoms with Gasteiger partial charge in [0.2, 0.25) is 0 Å². The first-order valence-corrected chi connectivity index (χ1v) is 7.93. The average molecular weight is 257 g/mol. The molecule has 1 atom stereocenters. The lowest BCUT2D eigenvalue weighted by molar-refractivity contribution is 0.0391. The first-order valence-electron chi connectivity index (χ1n) is 7.93. The van der Waals surface area contributed by atoms with Gasteiger partial charge in [0, 0.05) is 6.04 Å². The molecule has 0 rings (SSSR count). The Bertz CT molecular complexity index is 178. The van der Waals surface area contributed by atoms with E-state index in [0.29, 0.717) is 6.04 Å². The SMILES string of the molecule is CCCCCCCCCC(C)(O)CCNC(C)C. The molecule has 0 aliphatic rings. The van der Waals surface area contributed by atoms with Gasteiger partial charge in [-0.2, -0.15) is 0 Å². The average Bonchev–Trinajstić information content (AvgIpc) is 2.27. The Hall–Kier alpha value is -0.0800. The fourth-order valence-corrected chi connectivity index (χ4v) is 2.22. The van der Waals surface area contributed by atoms with Gasteiger partial charge in [0.25, 0.3) is 0 Å². The van der Waals surface area contributed by atoms with Crippen LogP contribution in [-0.2, 0) is 0 Å². The van der Waals surface area contributed by atoms with Crippen LogP contribution in [0, 0.1) is 0 Å². The zero-order valence-corrected chi connectivity index (χ0v) is 13.1. The van der Waals surface area contributed by atoms with E-state index < -0.39 is 5.60 Å². The second kappa shape index (κ2) is 10.8. The van der Waals surface area contributed by atoms with E-state index in [1.54, 1.807) is 0 Å². The van der Waals surface area contributed by atoms with Gasteiger partial charge in [-0.1, -0.05) is 65.7 Å². The van der Waals surface area contributed by atoms with Crippen LogP contribution in [0.3, 0.4) is 0 Å². The maximum atomic E-state index is 10.2. The van der Waals surface area contributed by atoms with Gasteiger partial charge in [-0.15, -0.1) is 0 Å². The van der Waals surface area contributed by atoms with Crippen molar-refractivity contribution in [2.45, 2.75) is 97.1 Å². The molecule has 0 fully saturated rings. The van der Waals surface area contributed by atoms with Crippen LogP contribution < -0.4 is 5.32 Å². The molecule has 0 heterocycles. The Morgan fingerprint density at radius 1 is 0.944 bits per heavy atom. The third-order valence-corrected chi connectivity index (χ3v) is 3.54. The number of hydrogen-bond donors (Lipinski definition) is 2. The van der Waals surface area contributed by atoms with Gasteiger partial charge in [0.1, 0.15) is 0 Å². The van der Waals surface area contributed by atoms with E-state index in [1.165, 1.54) is 44.9 Å². The Kier molecular flexibility index (Phi) is 10.8. The lowest BCUT2D eigenvalue weighted by Crippen LogP contribution is -2.32. The van der Waals surface area contributed by atoms with E-state index in [2.05, 4.69) is 26.1 Å². The molecule has 1 unspecified atom stereocenters. The highest BCUT2D eigenvalue weighted by Crippen LogP contribution is 2.19. The monoisotopic (exact) mass is 257 g/mol. The molecule has 2 nitrogen and oxygen atoms in total. The minimum Gasteiger partial charge on any atom is -0.390 e. The molecule has 0 saturated carbocycles. The second-order valence-electron chi connectivity index (χ2n) is 6.23. The first-order chi connectivity index (χ1) is 8.48. The number of rotatable bonds is 12. The highest BCUT2D eigenvalue weighted by Gasteiger charge is 2.18. The molecule has 0 radical (unpaired) electrons. The predicted molar refractivity (Wildman–Crippen MR) is 81.0 cm³/mol. The van der Waals surface area contributed by atoms with Crippen LogP contribution in [0.5, 0.6) is 0 Å². The van der Waals surface area contributed by atoms with Crippen LogP contribution in [-0.4, -0.2) is 23.3 Å². The van der Waals surface area contributed by atoms with Crippen molar-refractivity contribution in [2.24, 2.45) is 0 Å². The minimum atomic E-state index is -0.481. The van der Waals surface area contributed by atoms with Crippen molar-refractivity contribution in [1.82, 2.24) is 5.32 Å². The van der Waals surface area contributed by atoms with Crippen LogP contribution in [0.4, 0.5) is 0 Å². The highest BCUT2D eigenvalue weighted by molar-refractivity contribution is 4.74. The zero-order valence-electron chi connectivity index (χ0n) is 13.1. The molecule has 110 valence electrons. The van der Waals surface area contributed by atoms with Gasteiger partial charge >= 0.3 is 0 Å². The molecule has 0 aliphatic carbocycles. The molecule has 0 saturated heterocycles. The minimum absolute atomic E-state index is 0.481. The van der Waals surface area contributed by atoms with Crippen LogP contribution in [0.1, 0.15) is 85.5 Å². The van der Waals surface area contributed by atoms with Gasteiger partial charge in [-0.3, -0.25) is 0 Å². The summed E-state index contributed by atoms with van der Waals surface area (Å²) < 4.78 is 0. The highest BCUT2D eigenvalue weighted by atomic mass is 16.3. The molecule has 0 aliphatic heterocycles. The Balaban J connectivity index is 3.40. The molecule has 0 aromatic rings. The van der Waals surface area contributed by atoms with Gasteiger partial charge in [0.05, 0.1) is 5.60 Å². The zero-order chi connectivity index (χ0) is 13.9. The third kappa shape index (κ3) is 12.4. The van der Waals surface area contributed by atoms with Crippen molar-refractivity contribution >= 4 is 0 Å². The molecule has 0 spiro atoms. The predicted octanol–water partition coefficient (Wildman–Crippen LogP) is 4.27. The van der Waals surface area contributed by atoms with Crippen LogP contribution >= 0.6 is 0 Å². The maximum absolute atomic E-state index is 10.2. The van der Waals surface area contributed by atoms with E-state index in [-0.39, 0.29) is 0 Å². The standard InChI is InChI=1S/C16H35NO/c1-5-6-7-8-9-10-11-12-16(4,18)13-14-17-15(2)3/h15,17-18H,5-14H2,1-4H3. The molecule has 0 bridgehead atoms. The fourth-order valence-electron chi connectivity index (χ4n) is 2.22. The smallest absolute Gasteiger partial charge is 0.0631 e. The van der Waals surface area contributed by atoms with Gasteiger partial charge in [-0.05, 0) is 26.3 Å². The Morgan fingerprint density at radius 2 is 1.50 bits per heavy atom. The van der Waals surface area contributed by atoms with Crippen molar-refractivity contribution in [2.75, 3.05) is 6.54 Å². The normalized spacial score (nSPS) is 15.0. The van der Waals surface area contributed by atoms with E-state index in [0.717, 1.165) is 19.4 Å². The third-order valence-electron chi connectivity index (χ3n) is 3.54. The number of hydrogen-bond acceptors (Lipinski definition) is 2. The number of aliphatic hydroxyl groups is 1. The summed E-state index contributed by atoms with van der Waals surface area (Å²) in [6, 6.07) is 0.513. The lowest BCUT2D eigenvalue weighted by atomic mass is 9.94. The topological polar surface area (TPSA) is 32.3 Å². The summed E-state index contributed by atoms with van der Waals surface area (Å²) in [5, 5.41) is 13.6. The van der Waals surface area contributed by atoms with Gasteiger partial charge in [0.15, 0.2) is 0 Å². The van der Waals surface area contributed by atoms with Crippen LogP contribution in [0.15, 0.2) is 0 Å². The van der Waals surface area contributed by atoms with Crippen molar-refractivity contribution in [3.05, 3.63) is 0 Å². The summed E-state index contributed by atoms with van der Waals surface area (Å²) in [6.07, 6.45) is 11.0. The Morgan fingerprint density at radius 3 is 2.06 bits per heavy atom. The Labute approximate surface area is 115 Å². The number of nitrogens with one attached hydrogen (secondary N) is 1. The lowest BCUT2D eigenvalue weighted by Gasteiger charge is -2.24. The summed E-state index contributed by atoms with van der Waals surface area (Å²) in [5.74, 6) is 0. The second-order valence-corrected chi connectivity index (χ2v) is 6.23. The molecular weight excluding hydrogens is 222 g/mol. The molecule has 2 heteroatoms. The van der Waals surface area contributed by atoms with Gasteiger partial charge < -0.3 is 10.4 Å². The summed E-state index contributed by atoms with van der Waals surface area (Å²) in [5.41, 5.74) is -0.481. The summed E-state index contributed by atoms with van der Waals surface area (Å²) >= 11 is 0. The molecule has 18 heavy (non-hydrogen) atoms. The molecule has 0 aromatic heterocycles. The largest absolute Gasteiger partial charge is 0.390 e. The summed E-state index contributed by atoms with van der Waals surface area (Å²) in [6.45, 7) is 9.44. The van der Waals surface area contributed by atoms with Crippen molar-refractivity contribution in [3.8, 4) is 0 Å². The number of unbranched alkanes of at least 4 members (excludes halogenated alkanes) is 6. The van der Waals surface area contributed by atoms with Crippen LogP contribution in [0.2, 0.25) is 0 Å². The quantitative estimate of drug-likeness (QED) is 0.512. The molecule has 0 amide bonds. The summed E-state index contributed by atoms with van der Waals surface area (Å²) in [4.78, 5) is 0. The van der Waals surface area contributed by atoms with E-state index in [9.17, 15) is 5.11 Å². The first kappa shape index (κ1) is 17.9. The van der Waals surface area contributed by atoms with E-state index >= 15 is 0 Å².